The summed E-state index contributed by atoms with van der Waals surface area (Å²) in [5, 5.41) is 0. The highest BCUT2D eigenvalue weighted by Gasteiger charge is 2.19. The SMILES string of the molecule is Cc1cc(C)c(C(CCCCN)C(C)C)c(C)c1. The predicted octanol–water partition coefficient (Wildman–Crippen LogP) is 4.48. The van der Waals surface area contributed by atoms with E-state index in [2.05, 4.69) is 46.8 Å². The monoisotopic (exact) mass is 247 g/mol. The molecule has 2 N–H and O–H groups in total. The van der Waals surface area contributed by atoms with Crippen molar-refractivity contribution in [2.24, 2.45) is 11.7 Å². The van der Waals surface area contributed by atoms with Crippen LogP contribution in [0.25, 0.3) is 0 Å². The summed E-state index contributed by atoms with van der Waals surface area (Å²) < 4.78 is 0. The first kappa shape index (κ1) is 15.2. The molecule has 0 radical (unpaired) electrons. The third-order valence-electron chi connectivity index (χ3n) is 3.88. The Morgan fingerprint density at radius 2 is 1.56 bits per heavy atom. The Labute approximate surface area is 113 Å². The molecule has 0 heterocycles. The fourth-order valence-corrected chi connectivity index (χ4v) is 3.10. The van der Waals surface area contributed by atoms with Crippen LogP contribution in [-0.4, -0.2) is 6.54 Å². The van der Waals surface area contributed by atoms with E-state index in [-0.39, 0.29) is 0 Å². The lowest BCUT2D eigenvalue weighted by Gasteiger charge is -2.25. The first-order chi connectivity index (χ1) is 8.47. The van der Waals surface area contributed by atoms with Crippen molar-refractivity contribution in [2.75, 3.05) is 6.54 Å². The van der Waals surface area contributed by atoms with E-state index < -0.39 is 0 Å². The third kappa shape index (κ3) is 3.84. The summed E-state index contributed by atoms with van der Waals surface area (Å²) in [4.78, 5) is 0. The van der Waals surface area contributed by atoms with Gasteiger partial charge < -0.3 is 5.73 Å². The molecule has 0 aliphatic carbocycles. The van der Waals surface area contributed by atoms with Gasteiger partial charge in [-0.05, 0) is 68.7 Å². The summed E-state index contributed by atoms with van der Waals surface area (Å²) in [6.45, 7) is 12.2. The standard InChI is InChI=1S/C17H29N/c1-12(2)16(8-6-7-9-18)17-14(4)10-13(3)11-15(17)5/h10-12,16H,6-9,18H2,1-5H3. The van der Waals surface area contributed by atoms with Crippen LogP contribution in [0.15, 0.2) is 12.1 Å². The Morgan fingerprint density at radius 1 is 1.00 bits per heavy atom. The predicted molar refractivity (Wildman–Crippen MR) is 81.1 cm³/mol. The van der Waals surface area contributed by atoms with Crippen LogP contribution in [0.4, 0.5) is 0 Å². The van der Waals surface area contributed by atoms with Crippen LogP contribution in [0.3, 0.4) is 0 Å². The van der Waals surface area contributed by atoms with Crippen molar-refractivity contribution < 1.29 is 0 Å². The van der Waals surface area contributed by atoms with Gasteiger partial charge in [-0.3, -0.25) is 0 Å². The quantitative estimate of drug-likeness (QED) is 0.737. The highest BCUT2D eigenvalue weighted by Crippen LogP contribution is 2.34. The lowest BCUT2D eigenvalue weighted by atomic mass is 9.80. The van der Waals surface area contributed by atoms with Crippen LogP contribution < -0.4 is 5.73 Å². The van der Waals surface area contributed by atoms with Gasteiger partial charge >= 0.3 is 0 Å². The number of rotatable bonds is 6. The van der Waals surface area contributed by atoms with Gasteiger partial charge in [-0.15, -0.1) is 0 Å². The Hall–Kier alpha value is -0.820. The summed E-state index contributed by atoms with van der Waals surface area (Å²) >= 11 is 0. The van der Waals surface area contributed by atoms with Gasteiger partial charge in [0.15, 0.2) is 0 Å². The van der Waals surface area contributed by atoms with E-state index in [1.807, 2.05) is 0 Å². The molecule has 1 unspecified atom stereocenters. The second-order valence-corrected chi connectivity index (χ2v) is 5.95. The van der Waals surface area contributed by atoms with Crippen molar-refractivity contribution in [2.45, 2.75) is 59.8 Å². The van der Waals surface area contributed by atoms with Crippen molar-refractivity contribution in [1.29, 1.82) is 0 Å². The summed E-state index contributed by atoms with van der Waals surface area (Å²) in [5.74, 6) is 1.38. The zero-order valence-corrected chi connectivity index (χ0v) is 12.7. The minimum Gasteiger partial charge on any atom is -0.330 e. The Morgan fingerprint density at radius 3 is 2.00 bits per heavy atom. The summed E-state index contributed by atoms with van der Waals surface area (Å²) in [7, 11) is 0. The summed E-state index contributed by atoms with van der Waals surface area (Å²) in [6.07, 6.45) is 3.65. The Balaban J connectivity index is 2.98. The molecule has 0 aliphatic heterocycles. The van der Waals surface area contributed by atoms with Crippen molar-refractivity contribution in [1.82, 2.24) is 0 Å². The molecule has 1 heteroatoms. The number of nitrogens with two attached hydrogens (primary N) is 1. The van der Waals surface area contributed by atoms with Crippen LogP contribution in [0.1, 0.15) is 61.3 Å². The fourth-order valence-electron chi connectivity index (χ4n) is 3.10. The molecule has 18 heavy (non-hydrogen) atoms. The molecule has 0 aromatic heterocycles. The van der Waals surface area contributed by atoms with Gasteiger partial charge in [-0.2, -0.15) is 0 Å². The second kappa shape index (κ2) is 6.94. The van der Waals surface area contributed by atoms with Gasteiger partial charge in [-0.1, -0.05) is 38.0 Å². The smallest absolute Gasteiger partial charge is 0.00773 e. The van der Waals surface area contributed by atoms with Crippen LogP contribution in [0.2, 0.25) is 0 Å². The van der Waals surface area contributed by atoms with Crippen LogP contribution >= 0.6 is 0 Å². The molecule has 0 saturated heterocycles. The largest absolute Gasteiger partial charge is 0.330 e. The summed E-state index contributed by atoms with van der Waals surface area (Å²) in [5.41, 5.74) is 11.5. The van der Waals surface area contributed by atoms with Crippen molar-refractivity contribution >= 4 is 0 Å². The molecule has 102 valence electrons. The highest BCUT2D eigenvalue weighted by molar-refractivity contribution is 5.40. The van der Waals surface area contributed by atoms with E-state index in [4.69, 9.17) is 5.73 Å². The van der Waals surface area contributed by atoms with Crippen molar-refractivity contribution in [3.63, 3.8) is 0 Å². The first-order valence-electron chi connectivity index (χ1n) is 7.25. The van der Waals surface area contributed by atoms with Crippen molar-refractivity contribution in [3.8, 4) is 0 Å². The maximum atomic E-state index is 5.61. The highest BCUT2D eigenvalue weighted by atomic mass is 14.5. The van der Waals surface area contributed by atoms with E-state index in [0.717, 1.165) is 13.0 Å². The Kier molecular flexibility index (Phi) is 5.87. The van der Waals surface area contributed by atoms with E-state index in [1.54, 1.807) is 5.56 Å². The molecule has 0 saturated carbocycles. The van der Waals surface area contributed by atoms with Crippen LogP contribution in [0, 0.1) is 26.7 Å². The average molecular weight is 247 g/mol. The molecule has 0 aliphatic rings. The van der Waals surface area contributed by atoms with E-state index in [9.17, 15) is 0 Å². The molecular formula is C17H29N. The molecule has 0 amide bonds. The third-order valence-corrected chi connectivity index (χ3v) is 3.88. The summed E-state index contributed by atoms with van der Waals surface area (Å²) in [6, 6.07) is 4.64. The minimum absolute atomic E-state index is 0.678. The number of benzene rings is 1. The van der Waals surface area contributed by atoms with Crippen LogP contribution in [-0.2, 0) is 0 Å². The molecule has 1 nitrogen and oxygen atoms in total. The second-order valence-electron chi connectivity index (χ2n) is 5.95. The molecule has 1 aromatic carbocycles. The van der Waals surface area contributed by atoms with E-state index in [0.29, 0.717) is 11.8 Å². The molecule has 1 aromatic rings. The zero-order valence-electron chi connectivity index (χ0n) is 12.7. The van der Waals surface area contributed by atoms with Gasteiger partial charge in [0, 0.05) is 0 Å². The van der Waals surface area contributed by atoms with Gasteiger partial charge in [0.05, 0.1) is 0 Å². The number of hydrogen-bond donors (Lipinski definition) is 1. The maximum Gasteiger partial charge on any atom is -0.00773 e. The van der Waals surface area contributed by atoms with Gasteiger partial charge in [-0.25, -0.2) is 0 Å². The molecule has 0 spiro atoms. The normalized spacial score (nSPS) is 13.1. The number of hydrogen-bond acceptors (Lipinski definition) is 1. The zero-order chi connectivity index (χ0) is 13.7. The molecule has 1 rings (SSSR count). The number of unbranched alkanes of at least 4 members (excludes halogenated alkanes) is 1. The molecule has 1 atom stereocenters. The Bertz CT molecular complexity index is 356. The first-order valence-corrected chi connectivity index (χ1v) is 7.25. The molecule has 0 fully saturated rings. The maximum absolute atomic E-state index is 5.61. The topological polar surface area (TPSA) is 26.0 Å². The lowest BCUT2D eigenvalue weighted by molar-refractivity contribution is 0.447. The van der Waals surface area contributed by atoms with Crippen molar-refractivity contribution in [3.05, 3.63) is 34.4 Å². The molecular weight excluding hydrogens is 218 g/mol. The van der Waals surface area contributed by atoms with Gasteiger partial charge in [0.2, 0.25) is 0 Å². The minimum atomic E-state index is 0.678. The average Bonchev–Trinajstić information content (AvgIpc) is 2.25. The number of aryl methyl sites for hydroxylation is 3. The van der Waals surface area contributed by atoms with E-state index >= 15 is 0 Å². The van der Waals surface area contributed by atoms with Gasteiger partial charge in [0.1, 0.15) is 0 Å². The molecule has 0 bridgehead atoms. The lowest BCUT2D eigenvalue weighted by Crippen LogP contribution is -2.11. The van der Waals surface area contributed by atoms with Gasteiger partial charge in [0.25, 0.3) is 0 Å². The van der Waals surface area contributed by atoms with E-state index in [1.165, 1.54) is 29.5 Å². The van der Waals surface area contributed by atoms with Crippen LogP contribution in [0.5, 0.6) is 0 Å². The fraction of sp³-hybridized carbons (Fsp3) is 0.647.